The molecule has 0 unspecified atom stereocenters. The highest BCUT2D eigenvalue weighted by atomic mass is 32.1. The fourth-order valence-electron chi connectivity index (χ4n) is 12.5. The number of primary amides is 1. The van der Waals surface area contributed by atoms with Gasteiger partial charge < -0.3 is 56.0 Å². The number of para-hydroxylation sites is 1. The molecule has 0 bridgehead atoms. The Balaban J connectivity index is 0.649. The summed E-state index contributed by atoms with van der Waals surface area (Å²) in [5.74, 6) is -2.89. The van der Waals surface area contributed by atoms with Crippen molar-refractivity contribution >= 4 is 58.6 Å². The largest absolute Gasteiger partial charge is 0.449 e. The minimum atomic E-state index is -1.00. The van der Waals surface area contributed by atoms with E-state index in [-0.39, 0.29) is 77.7 Å². The molecule has 1 aliphatic carbocycles. The topological polar surface area (TPSA) is 270 Å². The molecule has 0 spiro atoms. The van der Waals surface area contributed by atoms with Crippen LogP contribution in [0.25, 0.3) is 21.6 Å². The Kier molecular flexibility index (Phi) is 20.9. The summed E-state index contributed by atoms with van der Waals surface area (Å²) in [5, 5.41) is 22.3. The maximum absolute atomic E-state index is 14.6. The maximum atomic E-state index is 14.6. The number of aliphatic hydroxyl groups excluding tert-OH is 1. The number of hydrogen-bond donors (Lipinski definition) is 6. The van der Waals surface area contributed by atoms with Crippen LogP contribution in [-0.2, 0) is 80.1 Å². The summed E-state index contributed by atoms with van der Waals surface area (Å²) in [6.07, 6.45) is -0.266. The number of aromatic nitrogens is 1. The number of nitrogens with zero attached hydrogens (tertiary/aromatic N) is 3. The number of fused-ring (bicyclic) bond motifs is 3. The molecule has 7 N–H and O–H groups in total. The third-order valence-corrected chi connectivity index (χ3v) is 18.3. The Morgan fingerprint density at radius 1 is 0.800 bits per heavy atom. The molecule has 474 valence electrons. The Morgan fingerprint density at radius 2 is 1.48 bits per heavy atom. The molecule has 0 saturated carbocycles. The number of carbonyl (C=O) groups excluding carboxylic acids is 7. The molecule has 1 fully saturated rings. The molecule has 0 radical (unpaired) electrons. The molecule has 5 aromatic carbocycles. The van der Waals surface area contributed by atoms with Crippen LogP contribution in [0.3, 0.4) is 0 Å². The highest BCUT2D eigenvalue weighted by Gasteiger charge is 2.46. The van der Waals surface area contributed by atoms with E-state index in [4.69, 9.17) is 24.7 Å². The first-order valence-corrected chi connectivity index (χ1v) is 31.7. The van der Waals surface area contributed by atoms with Crippen LogP contribution in [0.4, 0.5) is 10.5 Å². The van der Waals surface area contributed by atoms with E-state index in [2.05, 4.69) is 38.4 Å². The number of nitrogens with one attached hydrogen (secondary N) is 4. The van der Waals surface area contributed by atoms with Crippen LogP contribution >= 0.6 is 11.3 Å². The Bertz CT molecular complexity index is 3530. The van der Waals surface area contributed by atoms with Crippen molar-refractivity contribution in [2.45, 2.75) is 141 Å². The van der Waals surface area contributed by atoms with Gasteiger partial charge in [-0.05, 0) is 101 Å². The van der Waals surface area contributed by atoms with Crippen LogP contribution in [0, 0.1) is 12.3 Å². The molecule has 90 heavy (non-hydrogen) atoms. The molecule has 3 aliphatic heterocycles. The first kappa shape index (κ1) is 64.6. The van der Waals surface area contributed by atoms with Crippen molar-refractivity contribution in [3.63, 3.8) is 0 Å². The van der Waals surface area contributed by atoms with E-state index in [1.165, 1.54) is 9.80 Å². The van der Waals surface area contributed by atoms with Crippen LogP contribution < -0.4 is 31.9 Å². The van der Waals surface area contributed by atoms with E-state index in [9.17, 15) is 38.7 Å². The molecular weight excluding hydrogens is 1160 g/mol. The van der Waals surface area contributed by atoms with Crippen LogP contribution in [0.1, 0.15) is 104 Å². The maximum Gasteiger partial charge on any atom is 0.407 e. The average Bonchev–Trinajstić information content (AvgIpc) is 1.64. The normalized spacial score (nSPS) is 18.6. The van der Waals surface area contributed by atoms with E-state index < -0.39 is 89.4 Å². The van der Waals surface area contributed by atoms with Gasteiger partial charge in [-0.2, -0.15) is 0 Å². The van der Waals surface area contributed by atoms with E-state index in [1.54, 1.807) is 16.8 Å². The number of ether oxygens (including phenoxy) is 4. The third-order valence-electron chi connectivity index (χ3n) is 17.3. The molecule has 1 aromatic heterocycles. The SMILES string of the molecule is Cc1ncsc1-c1ccc(CNC(=O)[C@@H]2C[C@@H](O)CN2C(=O)[C@@H](NC(=O)COCCOCCc2ccc(CO[C@H](C)[C@H](CCC(N)=O)NC(=O)[C@@H]3Cc4cccc5c4N3C(=O)[C@@H](NC(=O)OCC3c4ccccc4-c4ccccc43)CC5)cc2)C(C)(C)C)cc1. The van der Waals surface area contributed by atoms with E-state index in [0.29, 0.717) is 31.6 Å². The van der Waals surface area contributed by atoms with Crippen molar-refractivity contribution in [2.75, 3.05) is 44.5 Å². The van der Waals surface area contributed by atoms with Gasteiger partial charge in [0.15, 0.2) is 0 Å². The fraction of sp³-hybridized carbons (Fsp3) is 0.420. The number of likely N-dealkylation sites (tertiary alicyclic amines) is 1. The number of rotatable bonds is 26. The van der Waals surface area contributed by atoms with Crippen LogP contribution in [0.2, 0.25) is 0 Å². The van der Waals surface area contributed by atoms with E-state index in [1.807, 2.05) is 138 Å². The number of hydrogen-bond acceptors (Lipinski definition) is 14. The van der Waals surface area contributed by atoms with Gasteiger partial charge in [0.25, 0.3) is 0 Å². The highest BCUT2D eigenvalue weighted by molar-refractivity contribution is 7.13. The van der Waals surface area contributed by atoms with Crippen molar-refractivity contribution < 1.29 is 57.6 Å². The number of thiazole rings is 1. The van der Waals surface area contributed by atoms with Crippen molar-refractivity contribution in [1.82, 2.24) is 31.2 Å². The van der Waals surface area contributed by atoms with Gasteiger partial charge in [-0.25, -0.2) is 9.78 Å². The Morgan fingerprint density at radius 3 is 2.17 bits per heavy atom. The van der Waals surface area contributed by atoms with Gasteiger partial charge >= 0.3 is 6.09 Å². The van der Waals surface area contributed by atoms with Gasteiger partial charge in [-0.3, -0.25) is 33.7 Å². The van der Waals surface area contributed by atoms with Crippen molar-refractivity contribution in [1.29, 1.82) is 0 Å². The molecule has 21 heteroatoms. The molecule has 20 nitrogen and oxygen atoms in total. The number of aliphatic hydroxyl groups is 1. The quantitative estimate of drug-likeness (QED) is 0.0300. The Labute approximate surface area is 528 Å². The zero-order valence-corrected chi connectivity index (χ0v) is 52.4. The second-order valence-electron chi connectivity index (χ2n) is 24.7. The van der Waals surface area contributed by atoms with Gasteiger partial charge in [0.2, 0.25) is 35.4 Å². The van der Waals surface area contributed by atoms with Crippen molar-refractivity contribution in [3.8, 4) is 21.6 Å². The van der Waals surface area contributed by atoms with Crippen LogP contribution in [-0.4, -0.2) is 139 Å². The standard InChI is InChI=1S/C69H80N8O12S/c1-41-62(90-40-72-41)47-23-21-44(22-24-47)35-71-64(81)57-34-49(78)36-76(57)67(84)63(69(3,4)5)75-60(80)39-87-32-31-86-30-29-43-17-19-45(20-18-43)37-88-42(2)55(27-28-59(70)79)73-65(82)58-33-48-12-10-11-46-25-26-56(66(83)77(58)61(46)48)74-68(85)89-38-54-52-15-8-6-13-50(52)51-14-7-9-16-53(51)54/h6-24,40,42,49,54-58,63,78H,25-39H2,1-5H3,(H2,70,79)(H,71,81)(H,73,82)(H,74,85)(H,75,80)/t42-,49-,55+,56+,57+,58+,63-/m1/s1. The molecule has 6 aromatic rings. The minimum absolute atomic E-state index is 0.00955. The number of benzene rings is 5. The monoisotopic (exact) mass is 1240 g/mol. The van der Waals surface area contributed by atoms with Crippen molar-refractivity contribution in [2.24, 2.45) is 11.1 Å². The van der Waals surface area contributed by atoms with Gasteiger partial charge in [0.05, 0.1) is 66.4 Å². The number of alkyl carbamates (subject to hydrolysis) is 1. The lowest BCUT2D eigenvalue weighted by Crippen LogP contribution is -2.58. The van der Waals surface area contributed by atoms with E-state index >= 15 is 0 Å². The molecule has 1 saturated heterocycles. The first-order chi connectivity index (χ1) is 43.3. The molecule has 4 aliphatic rings. The second kappa shape index (κ2) is 29.1. The number of anilines is 1. The summed E-state index contributed by atoms with van der Waals surface area (Å²) >= 11 is 1.56. The number of amides is 7. The average molecular weight is 1250 g/mol. The highest BCUT2D eigenvalue weighted by Crippen LogP contribution is 2.45. The van der Waals surface area contributed by atoms with Crippen LogP contribution in [0.15, 0.2) is 121 Å². The van der Waals surface area contributed by atoms with Gasteiger partial charge in [-0.15, -0.1) is 11.3 Å². The lowest BCUT2D eigenvalue weighted by atomic mass is 9.85. The van der Waals surface area contributed by atoms with Gasteiger partial charge in [0.1, 0.15) is 37.4 Å². The lowest BCUT2D eigenvalue weighted by Gasteiger charge is -2.35. The number of nitrogens with two attached hydrogens (primary N) is 1. The van der Waals surface area contributed by atoms with Gasteiger partial charge in [0, 0.05) is 38.3 Å². The van der Waals surface area contributed by atoms with Gasteiger partial charge in [-0.1, -0.05) is 136 Å². The summed E-state index contributed by atoms with van der Waals surface area (Å²) in [5.41, 5.74) is 18.2. The minimum Gasteiger partial charge on any atom is -0.449 e. The molecule has 7 amide bonds. The molecule has 7 atom stereocenters. The summed E-state index contributed by atoms with van der Waals surface area (Å²) in [4.78, 5) is 104. The number of aryl methyl sites for hydroxylation is 2. The summed E-state index contributed by atoms with van der Waals surface area (Å²) in [7, 11) is 0. The smallest absolute Gasteiger partial charge is 0.407 e. The fourth-order valence-corrected chi connectivity index (χ4v) is 13.3. The summed E-state index contributed by atoms with van der Waals surface area (Å²) in [6.45, 7) is 10.1. The van der Waals surface area contributed by atoms with Crippen molar-refractivity contribution in [3.05, 3.63) is 165 Å². The van der Waals surface area contributed by atoms with Crippen LogP contribution in [0.5, 0.6) is 0 Å². The molecular formula is C69H80N8O12S. The lowest BCUT2D eigenvalue weighted by molar-refractivity contribution is -0.144. The third kappa shape index (κ3) is 15.4. The van der Waals surface area contributed by atoms with E-state index in [0.717, 1.165) is 66.2 Å². The predicted molar refractivity (Wildman–Crippen MR) is 340 cm³/mol. The summed E-state index contributed by atoms with van der Waals surface area (Å²) in [6, 6.07) is 33.1. The second-order valence-corrected chi connectivity index (χ2v) is 25.6. The Hall–Kier alpha value is -8.34. The molecule has 10 rings (SSSR count). The first-order valence-electron chi connectivity index (χ1n) is 30.8. The molecule has 4 heterocycles. The zero-order chi connectivity index (χ0) is 63.6. The summed E-state index contributed by atoms with van der Waals surface area (Å²) < 4.78 is 23.6. The predicted octanol–water partition coefficient (Wildman–Crippen LogP) is 6.97. The zero-order valence-electron chi connectivity index (χ0n) is 51.5. The number of β-amino-alcohol motifs (C(OH)–C–C–N with tert-alkyl or cyclic N) is 1. The number of carbonyl (C=O) groups is 7.